The van der Waals surface area contributed by atoms with E-state index in [1.807, 2.05) is 0 Å². The van der Waals surface area contributed by atoms with Crippen LogP contribution in [0.1, 0.15) is 6.42 Å². The fourth-order valence-electron chi connectivity index (χ4n) is 3.07. The Kier molecular flexibility index (Phi) is 6.68. The zero-order chi connectivity index (χ0) is 21.9. The zero-order valence-corrected chi connectivity index (χ0v) is 18.3. The van der Waals surface area contributed by atoms with Gasteiger partial charge in [0.15, 0.2) is 0 Å². The van der Waals surface area contributed by atoms with E-state index in [0.29, 0.717) is 23.7 Å². The number of carbonyl (C=O) groups excluding carboxylic acids is 1. The van der Waals surface area contributed by atoms with Crippen LogP contribution in [0.2, 0.25) is 5.02 Å². The number of carbonyl (C=O) groups is 1. The van der Waals surface area contributed by atoms with E-state index in [0.717, 1.165) is 6.07 Å². The van der Waals surface area contributed by atoms with Crippen LogP contribution < -0.4 is 10.5 Å². The van der Waals surface area contributed by atoms with Gasteiger partial charge in [-0.05, 0) is 42.8 Å². The number of sulfonamides is 2. The van der Waals surface area contributed by atoms with Crippen LogP contribution in [0, 0.1) is 0 Å². The average Bonchev–Trinajstić information content (AvgIpc) is 2.94. The highest BCUT2D eigenvalue weighted by atomic mass is 35.5. The standard InChI is InChI=1S/C18H21ClN4O5S2/c19-14-4-1-5-15(12-14)21-18(24)22-8-3-9-23(11-10-22)30(27,28)17-7-2-6-16(13-17)29(20,25)26/h1-2,4-7,12-13H,3,8-11H2,(H,21,24)(H2,20,25,26). The molecule has 30 heavy (non-hydrogen) atoms. The number of hydrogen-bond acceptors (Lipinski definition) is 5. The van der Waals surface area contributed by atoms with Gasteiger partial charge in [0.2, 0.25) is 20.0 Å². The Labute approximate surface area is 180 Å². The molecule has 0 spiro atoms. The van der Waals surface area contributed by atoms with E-state index in [2.05, 4.69) is 5.32 Å². The molecule has 9 nitrogen and oxygen atoms in total. The number of rotatable bonds is 4. The van der Waals surface area contributed by atoms with Gasteiger partial charge < -0.3 is 10.2 Å². The number of halogens is 1. The fourth-order valence-corrected chi connectivity index (χ4v) is 5.41. The summed E-state index contributed by atoms with van der Waals surface area (Å²) in [5.74, 6) is 0. The molecule has 162 valence electrons. The molecule has 2 aromatic rings. The highest BCUT2D eigenvalue weighted by Gasteiger charge is 2.29. The van der Waals surface area contributed by atoms with Crippen molar-refractivity contribution < 1.29 is 21.6 Å². The van der Waals surface area contributed by atoms with Crippen molar-refractivity contribution in [1.29, 1.82) is 0 Å². The highest BCUT2D eigenvalue weighted by Crippen LogP contribution is 2.21. The van der Waals surface area contributed by atoms with Crippen molar-refractivity contribution in [1.82, 2.24) is 9.21 Å². The van der Waals surface area contributed by atoms with E-state index in [1.54, 1.807) is 24.3 Å². The summed E-state index contributed by atoms with van der Waals surface area (Å²) in [6.45, 7) is 0.823. The summed E-state index contributed by atoms with van der Waals surface area (Å²) in [4.78, 5) is 13.6. The monoisotopic (exact) mass is 472 g/mol. The smallest absolute Gasteiger partial charge is 0.321 e. The molecule has 0 aromatic heterocycles. The average molecular weight is 473 g/mol. The maximum atomic E-state index is 13.0. The van der Waals surface area contributed by atoms with E-state index in [9.17, 15) is 21.6 Å². The van der Waals surface area contributed by atoms with Crippen LogP contribution >= 0.6 is 11.6 Å². The molecule has 3 rings (SSSR count). The number of nitrogens with zero attached hydrogens (tertiary/aromatic N) is 2. The van der Waals surface area contributed by atoms with E-state index < -0.39 is 20.0 Å². The van der Waals surface area contributed by atoms with Gasteiger partial charge in [0.05, 0.1) is 9.79 Å². The minimum Gasteiger partial charge on any atom is -0.323 e. The van der Waals surface area contributed by atoms with Crippen LogP contribution in [0.3, 0.4) is 0 Å². The Morgan fingerprint density at radius 2 is 1.63 bits per heavy atom. The van der Waals surface area contributed by atoms with Gasteiger partial charge in [0.25, 0.3) is 0 Å². The maximum absolute atomic E-state index is 13.0. The van der Waals surface area contributed by atoms with Crippen LogP contribution in [-0.2, 0) is 20.0 Å². The van der Waals surface area contributed by atoms with E-state index in [-0.39, 0.29) is 35.5 Å². The molecule has 12 heteroatoms. The van der Waals surface area contributed by atoms with Crippen LogP contribution in [0.15, 0.2) is 58.3 Å². The summed E-state index contributed by atoms with van der Waals surface area (Å²) in [7, 11) is -7.97. The lowest BCUT2D eigenvalue weighted by atomic mass is 10.3. The number of urea groups is 1. The maximum Gasteiger partial charge on any atom is 0.321 e. The topological polar surface area (TPSA) is 130 Å². The van der Waals surface area contributed by atoms with Gasteiger partial charge in [0.1, 0.15) is 0 Å². The first kappa shape index (κ1) is 22.5. The molecule has 0 unspecified atom stereocenters. The van der Waals surface area contributed by atoms with Crippen molar-refractivity contribution >= 4 is 43.4 Å². The summed E-state index contributed by atoms with van der Waals surface area (Å²) < 4.78 is 50.3. The fraction of sp³-hybridized carbons (Fsp3) is 0.278. The number of nitrogens with two attached hydrogens (primary N) is 1. The Morgan fingerprint density at radius 1 is 0.933 bits per heavy atom. The third kappa shape index (κ3) is 5.29. The summed E-state index contributed by atoms with van der Waals surface area (Å²) >= 11 is 5.92. The third-order valence-corrected chi connectivity index (χ3v) is 7.63. The van der Waals surface area contributed by atoms with Crippen molar-refractivity contribution in [3.8, 4) is 0 Å². The number of amides is 2. The molecule has 1 aliphatic rings. The first-order valence-electron chi connectivity index (χ1n) is 9.02. The summed E-state index contributed by atoms with van der Waals surface area (Å²) in [5, 5.41) is 8.33. The van der Waals surface area contributed by atoms with Crippen LogP contribution in [-0.4, -0.2) is 58.3 Å². The zero-order valence-electron chi connectivity index (χ0n) is 15.9. The van der Waals surface area contributed by atoms with Crippen molar-refractivity contribution in [3.63, 3.8) is 0 Å². The van der Waals surface area contributed by atoms with E-state index in [1.165, 1.54) is 27.4 Å². The van der Waals surface area contributed by atoms with Crippen molar-refractivity contribution in [2.75, 3.05) is 31.5 Å². The Bertz CT molecular complexity index is 1150. The lowest BCUT2D eigenvalue weighted by Gasteiger charge is -2.22. The summed E-state index contributed by atoms with van der Waals surface area (Å²) in [5.41, 5.74) is 0.543. The number of hydrogen-bond donors (Lipinski definition) is 2. The number of primary sulfonamides is 1. The Morgan fingerprint density at radius 3 is 2.33 bits per heavy atom. The molecule has 1 saturated heterocycles. The molecule has 0 aliphatic carbocycles. The van der Waals surface area contributed by atoms with Crippen molar-refractivity contribution in [2.24, 2.45) is 5.14 Å². The lowest BCUT2D eigenvalue weighted by molar-refractivity contribution is 0.214. The molecule has 2 aromatic carbocycles. The lowest BCUT2D eigenvalue weighted by Crippen LogP contribution is -2.39. The SMILES string of the molecule is NS(=O)(=O)c1cccc(S(=O)(=O)N2CCCN(C(=O)Nc3cccc(Cl)c3)CC2)c1. The molecule has 0 atom stereocenters. The minimum absolute atomic E-state index is 0.0743. The molecular weight excluding hydrogens is 452 g/mol. The molecular formula is C18H21ClN4O5S2. The van der Waals surface area contributed by atoms with Crippen LogP contribution in [0.25, 0.3) is 0 Å². The Hall–Kier alpha value is -2.18. The van der Waals surface area contributed by atoms with Gasteiger partial charge in [-0.25, -0.2) is 26.8 Å². The predicted molar refractivity (Wildman–Crippen MR) is 113 cm³/mol. The van der Waals surface area contributed by atoms with Gasteiger partial charge >= 0.3 is 6.03 Å². The second kappa shape index (κ2) is 8.90. The second-order valence-electron chi connectivity index (χ2n) is 6.71. The van der Waals surface area contributed by atoms with Gasteiger partial charge in [-0.3, -0.25) is 0 Å². The molecule has 0 saturated carbocycles. The summed E-state index contributed by atoms with van der Waals surface area (Å²) in [6.07, 6.45) is 0.428. The second-order valence-corrected chi connectivity index (χ2v) is 10.6. The quantitative estimate of drug-likeness (QED) is 0.702. The normalized spacial score (nSPS) is 16.1. The first-order valence-corrected chi connectivity index (χ1v) is 12.4. The first-order chi connectivity index (χ1) is 14.1. The largest absolute Gasteiger partial charge is 0.323 e. The minimum atomic E-state index is -4.03. The Balaban J connectivity index is 1.72. The van der Waals surface area contributed by atoms with E-state index in [4.69, 9.17) is 16.7 Å². The van der Waals surface area contributed by atoms with Crippen LogP contribution in [0.5, 0.6) is 0 Å². The van der Waals surface area contributed by atoms with E-state index >= 15 is 0 Å². The molecule has 0 bridgehead atoms. The summed E-state index contributed by atoms with van der Waals surface area (Å²) in [6, 6.07) is 11.3. The molecule has 2 amide bonds. The number of benzene rings is 2. The predicted octanol–water partition coefficient (Wildman–Crippen LogP) is 1.92. The van der Waals surface area contributed by atoms with Crippen LogP contribution in [0.4, 0.5) is 10.5 Å². The molecule has 1 heterocycles. The van der Waals surface area contributed by atoms with Gasteiger partial charge in [-0.2, -0.15) is 4.31 Å². The molecule has 1 aliphatic heterocycles. The van der Waals surface area contributed by atoms with Gasteiger partial charge in [-0.1, -0.05) is 23.7 Å². The van der Waals surface area contributed by atoms with Gasteiger partial charge in [0, 0.05) is 36.9 Å². The number of nitrogens with one attached hydrogen (secondary N) is 1. The molecule has 3 N–H and O–H groups in total. The third-order valence-electron chi connectivity index (χ3n) is 4.59. The highest BCUT2D eigenvalue weighted by molar-refractivity contribution is 7.90. The molecule has 1 fully saturated rings. The molecule has 0 radical (unpaired) electrons. The van der Waals surface area contributed by atoms with Crippen molar-refractivity contribution in [3.05, 3.63) is 53.6 Å². The van der Waals surface area contributed by atoms with Gasteiger partial charge in [-0.15, -0.1) is 0 Å². The van der Waals surface area contributed by atoms with Crippen molar-refractivity contribution in [2.45, 2.75) is 16.2 Å². The number of anilines is 1.